The molecular weight excluding hydrogens is 340 g/mol. The second kappa shape index (κ2) is 5.77. The molecule has 2 heterocycles. The summed E-state index contributed by atoms with van der Waals surface area (Å²) in [5.74, 6) is 0.132. The van der Waals surface area contributed by atoms with Crippen molar-refractivity contribution in [3.63, 3.8) is 0 Å². The van der Waals surface area contributed by atoms with Gasteiger partial charge in [-0.2, -0.15) is 0 Å². The molecule has 0 aliphatic carbocycles. The van der Waals surface area contributed by atoms with E-state index in [2.05, 4.69) is 0 Å². The Labute approximate surface area is 156 Å². The van der Waals surface area contributed by atoms with E-state index < -0.39 is 0 Å². The van der Waals surface area contributed by atoms with Gasteiger partial charge < -0.3 is 4.90 Å². The summed E-state index contributed by atoms with van der Waals surface area (Å²) in [6.45, 7) is 0. The molecule has 3 aromatic carbocycles. The molecule has 3 aromatic rings. The molecule has 0 bridgehead atoms. The average Bonchev–Trinajstić information content (AvgIpc) is 3.00. The average molecular weight is 356 g/mol. The van der Waals surface area contributed by atoms with Crippen molar-refractivity contribution >= 4 is 17.3 Å². The number of carbonyl (C=O) groups is 1. The standard InChI is InChI=1S/C22H16N2O3/c25-22-18-7-2-1-5-16(18)21-13-19(14-9-11-15(12-10-14)24(26)27)17-6-3-4-8-20(17)23(21)22/h1-12,19,21H,13H2. The summed E-state index contributed by atoms with van der Waals surface area (Å²) in [6, 6.07) is 22.5. The Hall–Kier alpha value is -3.47. The van der Waals surface area contributed by atoms with Crippen molar-refractivity contribution in [3.8, 4) is 0 Å². The molecule has 0 fully saturated rings. The number of nitrogens with zero attached hydrogens (tertiary/aromatic N) is 2. The largest absolute Gasteiger partial charge is 0.301 e. The Balaban J connectivity index is 1.65. The molecule has 0 spiro atoms. The second-order valence-corrected chi connectivity index (χ2v) is 6.97. The van der Waals surface area contributed by atoms with Gasteiger partial charge in [-0.05, 0) is 35.2 Å². The third-order valence-electron chi connectivity index (χ3n) is 5.62. The van der Waals surface area contributed by atoms with Gasteiger partial charge >= 0.3 is 0 Å². The van der Waals surface area contributed by atoms with Crippen LogP contribution in [0.5, 0.6) is 0 Å². The van der Waals surface area contributed by atoms with Crippen LogP contribution in [0, 0.1) is 10.1 Å². The summed E-state index contributed by atoms with van der Waals surface area (Å²) < 4.78 is 0. The molecule has 1 amide bonds. The maximum Gasteiger partial charge on any atom is 0.269 e. The van der Waals surface area contributed by atoms with Crippen LogP contribution >= 0.6 is 0 Å². The fraction of sp³-hybridized carbons (Fsp3) is 0.136. The molecular formula is C22H16N2O3. The lowest BCUT2D eigenvalue weighted by molar-refractivity contribution is -0.384. The molecule has 0 aromatic heterocycles. The first-order chi connectivity index (χ1) is 13.1. The first kappa shape index (κ1) is 15.8. The highest BCUT2D eigenvalue weighted by molar-refractivity contribution is 6.11. The summed E-state index contributed by atoms with van der Waals surface area (Å²) in [7, 11) is 0. The highest BCUT2D eigenvalue weighted by atomic mass is 16.6. The van der Waals surface area contributed by atoms with E-state index in [1.807, 2.05) is 65.6 Å². The van der Waals surface area contributed by atoms with Crippen molar-refractivity contribution in [2.24, 2.45) is 0 Å². The van der Waals surface area contributed by atoms with Gasteiger partial charge in [0.05, 0.1) is 11.0 Å². The number of nitro benzene ring substituents is 1. The third kappa shape index (κ3) is 2.28. The zero-order chi connectivity index (χ0) is 18.5. The molecule has 27 heavy (non-hydrogen) atoms. The third-order valence-corrected chi connectivity index (χ3v) is 5.62. The van der Waals surface area contributed by atoms with E-state index in [9.17, 15) is 14.9 Å². The molecule has 132 valence electrons. The Morgan fingerprint density at radius 1 is 0.889 bits per heavy atom. The molecule has 2 aliphatic rings. The maximum atomic E-state index is 13.0. The van der Waals surface area contributed by atoms with Crippen LogP contribution in [0.1, 0.15) is 45.4 Å². The Bertz CT molecular complexity index is 1070. The summed E-state index contributed by atoms with van der Waals surface area (Å²) in [5.41, 5.74) is 4.96. The van der Waals surface area contributed by atoms with Crippen LogP contribution in [-0.4, -0.2) is 10.8 Å². The van der Waals surface area contributed by atoms with Crippen LogP contribution in [0.25, 0.3) is 0 Å². The van der Waals surface area contributed by atoms with Crippen molar-refractivity contribution in [2.45, 2.75) is 18.4 Å². The molecule has 5 rings (SSSR count). The van der Waals surface area contributed by atoms with Gasteiger partial charge in [0.25, 0.3) is 11.6 Å². The van der Waals surface area contributed by atoms with Crippen molar-refractivity contribution in [3.05, 3.63) is 105 Å². The minimum Gasteiger partial charge on any atom is -0.301 e. The molecule has 0 N–H and O–H groups in total. The van der Waals surface area contributed by atoms with Crippen LogP contribution in [-0.2, 0) is 0 Å². The monoisotopic (exact) mass is 356 g/mol. The lowest BCUT2D eigenvalue weighted by Gasteiger charge is -2.37. The topological polar surface area (TPSA) is 63.4 Å². The number of rotatable bonds is 2. The molecule has 0 radical (unpaired) electrons. The number of para-hydroxylation sites is 1. The van der Waals surface area contributed by atoms with Gasteiger partial charge in [0.2, 0.25) is 0 Å². The predicted molar refractivity (Wildman–Crippen MR) is 102 cm³/mol. The van der Waals surface area contributed by atoms with E-state index in [-0.39, 0.29) is 28.5 Å². The smallest absolute Gasteiger partial charge is 0.269 e. The zero-order valence-corrected chi connectivity index (χ0v) is 14.4. The molecule has 0 saturated heterocycles. The Morgan fingerprint density at radius 3 is 2.30 bits per heavy atom. The lowest BCUT2D eigenvalue weighted by Crippen LogP contribution is -2.33. The molecule has 0 saturated carbocycles. The number of benzene rings is 3. The van der Waals surface area contributed by atoms with Crippen molar-refractivity contribution < 1.29 is 9.72 Å². The van der Waals surface area contributed by atoms with Crippen molar-refractivity contribution in [2.75, 3.05) is 4.90 Å². The molecule has 5 nitrogen and oxygen atoms in total. The van der Waals surface area contributed by atoms with Crippen LogP contribution in [0.3, 0.4) is 0 Å². The second-order valence-electron chi connectivity index (χ2n) is 6.97. The van der Waals surface area contributed by atoms with E-state index in [1.54, 1.807) is 12.1 Å². The molecule has 2 unspecified atom stereocenters. The van der Waals surface area contributed by atoms with Crippen molar-refractivity contribution in [1.29, 1.82) is 0 Å². The summed E-state index contributed by atoms with van der Waals surface area (Å²) >= 11 is 0. The van der Waals surface area contributed by atoms with E-state index in [1.165, 1.54) is 0 Å². The predicted octanol–water partition coefficient (Wildman–Crippen LogP) is 4.83. The van der Waals surface area contributed by atoms with Crippen LogP contribution in [0.2, 0.25) is 0 Å². The van der Waals surface area contributed by atoms with Gasteiger partial charge in [0.1, 0.15) is 0 Å². The van der Waals surface area contributed by atoms with Gasteiger partial charge in [-0.25, -0.2) is 0 Å². The molecule has 2 aliphatic heterocycles. The Kier molecular flexibility index (Phi) is 3.37. The van der Waals surface area contributed by atoms with Gasteiger partial charge in [-0.1, -0.05) is 48.5 Å². The van der Waals surface area contributed by atoms with Crippen molar-refractivity contribution in [1.82, 2.24) is 0 Å². The maximum absolute atomic E-state index is 13.0. The van der Waals surface area contributed by atoms with Gasteiger partial charge in [-0.15, -0.1) is 0 Å². The number of anilines is 1. The van der Waals surface area contributed by atoms with Crippen LogP contribution in [0.4, 0.5) is 11.4 Å². The quantitative estimate of drug-likeness (QED) is 0.488. The van der Waals surface area contributed by atoms with Gasteiger partial charge in [-0.3, -0.25) is 14.9 Å². The lowest BCUT2D eigenvalue weighted by atomic mass is 9.80. The Morgan fingerprint density at radius 2 is 1.56 bits per heavy atom. The summed E-state index contributed by atoms with van der Waals surface area (Å²) in [5, 5.41) is 11.0. The number of amides is 1. The van der Waals surface area contributed by atoms with Gasteiger partial charge in [0, 0.05) is 29.3 Å². The highest BCUT2D eigenvalue weighted by Gasteiger charge is 2.43. The van der Waals surface area contributed by atoms with Crippen LogP contribution < -0.4 is 4.90 Å². The minimum atomic E-state index is -0.383. The molecule has 2 atom stereocenters. The zero-order valence-electron chi connectivity index (χ0n) is 14.4. The fourth-order valence-electron chi connectivity index (χ4n) is 4.40. The normalized spacial score (nSPS) is 20.0. The highest BCUT2D eigenvalue weighted by Crippen LogP contribution is 2.51. The number of hydrogen-bond donors (Lipinski definition) is 0. The van der Waals surface area contributed by atoms with E-state index in [4.69, 9.17) is 0 Å². The number of carbonyl (C=O) groups excluding carboxylic acids is 1. The summed E-state index contributed by atoms with van der Waals surface area (Å²) in [4.78, 5) is 25.5. The van der Waals surface area contributed by atoms with E-state index >= 15 is 0 Å². The number of fused-ring (bicyclic) bond motifs is 5. The fourth-order valence-corrected chi connectivity index (χ4v) is 4.40. The number of non-ortho nitro benzene ring substituents is 1. The van der Waals surface area contributed by atoms with Gasteiger partial charge in [0.15, 0.2) is 0 Å². The van der Waals surface area contributed by atoms with E-state index in [0.29, 0.717) is 0 Å². The van der Waals surface area contributed by atoms with Crippen LogP contribution in [0.15, 0.2) is 72.8 Å². The summed E-state index contributed by atoms with van der Waals surface area (Å²) in [6.07, 6.45) is 0.761. The SMILES string of the molecule is O=C1c2ccccc2C2CC(c3ccc([N+](=O)[O-])cc3)c3ccccc3N12. The van der Waals surface area contributed by atoms with E-state index in [0.717, 1.165) is 34.4 Å². The number of hydrogen-bond acceptors (Lipinski definition) is 3. The number of nitro groups is 1. The minimum absolute atomic E-state index is 0.0104. The molecule has 5 heteroatoms. The first-order valence-corrected chi connectivity index (χ1v) is 8.91. The first-order valence-electron chi connectivity index (χ1n) is 8.91.